The largest absolute Gasteiger partial charge is 0.490 e. The van der Waals surface area contributed by atoms with Gasteiger partial charge in [-0.1, -0.05) is 12.1 Å². The molecule has 0 saturated heterocycles. The first-order valence-corrected chi connectivity index (χ1v) is 5.28. The molecule has 1 aromatic carbocycles. The zero-order valence-electron chi connectivity index (χ0n) is 9.55. The van der Waals surface area contributed by atoms with Crippen LogP contribution in [0.25, 0.3) is 0 Å². The number of rotatable bonds is 6. The van der Waals surface area contributed by atoms with Crippen LogP contribution in [-0.2, 0) is 4.79 Å². The van der Waals surface area contributed by atoms with Crippen LogP contribution in [0.15, 0.2) is 24.3 Å². The number of aliphatic carboxylic acids is 1. The second-order valence-electron chi connectivity index (χ2n) is 3.72. The molecule has 0 bridgehead atoms. The molecular formula is C12H15NO4. The lowest BCUT2D eigenvalue weighted by molar-refractivity contribution is -0.137. The Hall–Kier alpha value is -2.04. The van der Waals surface area contributed by atoms with Crippen LogP contribution in [0.1, 0.15) is 30.1 Å². The van der Waals surface area contributed by atoms with E-state index in [-0.39, 0.29) is 12.5 Å². The third-order valence-electron chi connectivity index (χ3n) is 2.25. The summed E-state index contributed by atoms with van der Waals surface area (Å²) in [7, 11) is 0. The van der Waals surface area contributed by atoms with Crippen molar-refractivity contribution in [2.75, 3.05) is 0 Å². The monoisotopic (exact) mass is 237 g/mol. The Morgan fingerprint density at radius 1 is 1.41 bits per heavy atom. The summed E-state index contributed by atoms with van der Waals surface area (Å²) < 4.78 is 5.49. The number of ether oxygens (including phenoxy) is 1. The van der Waals surface area contributed by atoms with Crippen molar-refractivity contribution in [1.82, 2.24) is 0 Å². The number of hydrogen-bond donors (Lipinski definition) is 2. The van der Waals surface area contributed by atoms with Crippen molar-refractivity contribution in [2.24, 2.45) is 5.73 Å². The highest BCUT2D eigenvalue weighted by Gasteiger charge is 2.12. The summed E-state index contributed by atoms with van der Waals surface area (Å²) in [4.78, 5) is 21.5. The standard InChI is InChI=1S/C12H15NO4/c1-8(6-7-11(14)15)17-10-5-3-2-4-9(10)12(13)16/h2-5,8H,6-7H2,1H3,(H2,13,16)(H,14,15). The lowest BCUT2D eigenvalue weighted by Gasteiger charge is -2.15. The van der Waals surface area contributed by atoms with E-state index >= 15 is 0 Å². The van der Waals surface area contributed by atoms with Gasteiger partial charge in [-0.2, -0.15) is 0 Å². The van der Waals surface area contributed by atoms with Crippen molar-refractivity contribution in [3.8, 4) is 5.75 Å². The fourth-order valence-corrected chi connectivity index (χ4v) is 1.38. The SMILES string of the molecule is CC(CCC(=O)O)Oc1ccccc1C(N)=O. The number of carbonyl (C=O) groups is 2. The Bertz CT molecular complexity index is 417. The molecule has 0 aliphatic heterocycles. The highest BCUT2D eigenvalue weighted by Crippen LogP contribution is 2.19. The summed E-state index contributed by atoms with van der Waals surface area (Å²) in [6, 6.07) is 6.62. The van der Waals surface area contributed by atoms with E-state index in [4.69, 9.17) is 15.6 Å². The first kappa shape index (κ1) is 13.0. The van der Waals surface area contributed by atoms with Gasteiger partial charge in [-0.3, -0.25) is 9.59 Å². The molecule has 0 saturated carbocycles. The quantitative estimate of drug-likeness (QED) is 0.782. The van der Waals surface area contributed by atoms with Crippen molar-refractivity contribution in [2.45, 2.75) is 25.9 Å². The van der Waals surface area contributed by atoms with E-state index in [0.717, 1.165) is 0 Å². The number of carboxylic acids is 1. The predicted molar refractivity (Wildman–Crippen MR) is 61.9 cm³/mol. The van der Waals surface area contributed by atoms with Gasteiger partial charge < -0.3 is 15.6 Å². The van der Waals surface area contributed by atoms with E-state index in [1.165, 1.54) is 0 Å². The molecule has 0 heterocycles. The minimum absolute atomic E-state index is 0.0277. The molecule has 1 aromatic rings. The zero-order chi connectivity index (χ0) is 12.8. The van der Waals surface area contributed by atoms with E-state index < -0.39 is 11.9 Å². The van der Waals surface area contributed by atoms with Crippen LogP contribution in [0.3, 0.4) is 0 Å². The molecule has 3 N–H and O–H groups in total. The highest BCUT2D eigenvalue weighted by atomic mass is 16.5. The molecule has 0 aromatic heterocycles. The predicted octanol–water partition coefficient (Wildman–Crippen LogP) is 1.42. The van der Waals surface area contributed by atoms with E-state index in [9.17, 15) is 9.59 Å². The van der Waals surface area contributed by atoms with Gasteiger partial charge in [0.15, 0.2) is 0 Å². The normalized spacial score (nSPS) is 11.8. The van der Waals surface area contributed by atoms with Gasteiger partial charge >= 0.3 is 5.97 Å². The smallest absolute Gasteiger partial charge is 0.303 e. The number of benzene rings is 1. The van der Waals surface area contributed by atoms with Gasteiger partial charge in [0.25, 0.3) is 5.91 Å². The van der Waals surface area contributed by atoms with Crippen molar-refractivity contribution in [3.63, 3.8) is 0 Å². The molecule has 17 heavy (non-hydrogen) atoms. The lowest BCUT2D eigenvalue weighted by atomic mass is 10.1. The van der Waals surface area contributed by atoms with Crippen LogP contribution < -0.4 is 10.5 Å². The van der Waals surface area contributed by atoms with Crippen molar-refractivity contribution in [3.05, 3.63) is 29.8 Å². The number of para-hydroxylation sites is 1. The second-order valence-corrected chi connectivity index (χ2v) is 3.72. The fraction of sp³-hybridized carbons (Fsp3) is 0.333. The van der Waals surface area contributed by atoms with Gasteiger partial charge in [0.1, 0.15) is 5.75 Å². The first-order valence-electron chi connectivity index (χ1n) is 5.28. The topological polar surface area (TPSA) is 89.6 Å². The van der Waals surface area contributed by atoms with Crippen molar-refractivity contribution >= 4 is 11.9 Å². The Balaban J connectivity index is 2.67. The molecule has 92 valence electrons. The van der Waals surface area contributed by atoms with Gasteiger partial charge in [0.05, 0.1) is 11.7 Å². The Labute approximate surface area is 99.2 Å². The number of amides is 1. The molecule has 1 unspecified atom stereocenters. The first-order chi connectivity index (χ1) is 8.00. The maximum Gasteiger partial charge on any atom is 0.303 e. The van der Waals surface area contributed by atoms with Crippen LogP contribution >= 0.6 is 0 Å². The van der Waals surface area contributed by atoms with Crippen molar-refractivity contribution < 1.29 is 19.4 Å². The molecular weight excluding hydrogens is 222 g/mol. The average Bonchev–Trinajstić information content (AvgIpc) is 2.27. The Morgan fingerprint density at radius 3 is 2.65 bits per heavy atom. The molecule has 0 radical (unpaired) electrons. The summed E-state index contributed by atoms with van der Waals surface area (Å²) >= 11 is 0. The van der Waals surface area contributed by atoms with Gasteiger partial charge in [0, 0.05) is 6.42 Å². The fourth-order valence-electron chi connectivity index (χ4n) is 1.38. The van der Waals surface area contributed by atoms with E-state index in [0.29, 0.717) is 17.7 Å². The Morgan fingerprint density at radius 2 is 2.06 bits per heavy atom. The van der Waals surface area contributed by atoms with Crippen LogP contribution in [0.2, 0.25) is 0 Å². The minimum Gasteiger partial charge on any atom is -0.490 e. The summed E-state index contributed by atoms with van der Waals surface area (Å²) in [5, 5.41) is 8.54. The molecule has 1 rings (SSSR count). The van der Waals surface area contributed by atoms with Gasteiger partial charge in [-0.05, 0) is 25.5 Å². The molecule has 5 nitrogen and oxygen atoms in total. The summed E-state index contributed by atoms with van der Waals surface area (Å²) in [5.74, 6) is -1.05. The Kier molecular flexibility index (Phi) is 4.51. The summed E-state index contributed by atoms with van der Waals surface area (Å²) in [6.45, 7) is 1.75. The van der Waals surface area contributed by atoms with E-state index in [1.807, 2.05) is 0 Å². The number of nitrogens with two attached hydrogens (primary N) is 1. The highest BCUT2D eigenvalue weighted by molar-refractivity contribution is 5.95. The average molecular weight is 237 g/mol. The minimum atomic E-state index is -0.872. The number of primary amides is 1. The van der Waals surface area contributed by atoms with Gasteiger partial charge in [-0.15, -0.1) is 0 Å². The lowest BCUT2D eigenvalue weighted by Crippen LogP contribution is -2.18. The summed E-state index contributed by atoms with van der Waals surface area (Å²) in [6.07, 6.45) is 0.120. The molecule has 0 spiro atoms. The van der Waals surface area contributed by atoms with Crippen molar-refractivity contribution in [1.29, 1.82) is 0 Å². The van der Waals surface area contributed by atoms with E-state index in [2.05, 4.69) is 0 Å². The van der Waals surface area contributed by atoms with E-state index in [1.54, 1.807) is 31.2 Å². The zero-order valence-corrected chi connectivity index (χ0v) is 9.55. The molecule has 5 heteroatoms. The third-order valence-corrected chi connectivity index (χ3v) is 2.25. The molecule has 0 aliphatic rings. The molecule has 1 amide bonds. The number of hydrogen-bond acceptors (Lipinski definition) is 3. The molecule has 0 fully saturated rings. The maximum absolute atomic E-state index is 11.1. The third kappa shape index (κ3) is 4.14. The second kappa shape index (κ2) is 5.89. The molecule has 1 atom stereocenters. The summed E-state index contributed by atoms with van der Waals surface area (Å²) in [5.41, 5.74) is 5.50. The van der Waals surface area contributed by atoms with Gasteiger partial charge in [0.2, 0.25) is 0 Å². The maximum atomic E-state index is 11.1. The number of carboxylic acid groups (broad SMARTS) is 1. The number of carbonyl (C=O) groups excluding carboxylic acids is 1. The van der Waals surface area contributed by atoms with Gasteiger partial charge in [-0.25, -0.2) is 0 Å². The van der Waals surface area contributed by atoms with Crippen LogP contribution in [-0.4, -0.2) is 23.1 Å². The molecule has 0 aliphatic carbocycles. The van der Waals surface area contributed by atoms with Crippen LogP contribution in [0.4, 0.5) is 0 Å². The van der Waals surface area contributed by atoms with Crippen LogP contribution in [0.5, 0.6) is 5.75 Å². The van der Waals surface area contributed by atoms with Crippen LogP contribution in [0, 0.1) is 0 Å².